The first kappa shape index (κ1) is 39.3. The molecule has 3 aliphatic heterocycles. The number of rotatable bonds is 12. The molecule has 4 amide bonds. The zero-order valence-electron chi connectivity index (χ0n) is 32.0. The fraction of sp³-hybridized carbons (Fsp3) is 0.512. The molecule has 1 aromatic heterocycles. The molecule has 290 valence electrons. The van der Waals surface area contributed by atoms with Gasteiger partial charge in [0.05, 0.1) is 37.1 Å². The highest BCUT2D eigenvalue weighted by Gasteiger charge is 2.30. The van der Waals surface area contributed by atoms with Gasteiger partial charge in [0.2, 0.25) is 5.91 Å². The lowest BCUT2D eigenvalue weighted by Gasteiger charge is -2.37. The zero-order valence-corrected chi connectivity index (χ0v) is 32.8. The number of aryl methyl sites for hydroxylation is 1. The van der Waals surface area contributed by atoms with Gasteiger partial charge in [0.15, 0.2) is 0 Å². The van der Waals surface area contributed by atoms with E-state index in [1.165, 1.54) is 4.90 Å². The first-order valence-corrected chi connectivity index (χ1v) is 19.4. The van der Waals surface area contributed by atoms with Gasteiger partial charge in [-0.05, 0) is 93.8 Å². The number of hydrogen-bond acceptors (Lipinski definition) is 8. The molecule has 0 unspecified atom stereocenters. The molecular weight excluding hydrogens is 710 g/mol. The number of carbonyl (C=O) groups is 3. The second-order valence-corrected chi connectivity index (χ2v) is 14.9. The van der Waals surface area contributed by atoms with Crippen LogP contribution < -0.4 is 25.2 Å². The minimum atomic E-state index is -0.539. The molecule has 0 bridgehead atoms. The molecule has 12 nitrogen and oxygen atoms in total. The van der Waals surface area contributed by atoms with E-state index in [9.17, 15) is 19.2 Å². The second kappa shape index (κ2) is 17.4. The summed E-state index contributed by atoms with van der Waals surface area (Å²) in [5, 5.41) is 2.65. The van der Waals surface area contributed by atoms with E-state index in [0.717, 1.165) is 97.5 Å². The Balaban J connectivity index is 0.997. The first-order valence-electron chi connectivity index (χ1n) is 19.0. The Morgan fingerprint density at radius 1 is 0.870 bits per heavy atom. The largest absolute Gasteiger partial charge is 0.496 e. The highest BCUT2D eigenvalue weighted by molar-refractivity contribution is 6.34. The van der Waals surface area contributed by atoms with Gasteiger partial charge in [-0.15, -0.1) is 0 Å². The summed E-state index contributed by atoms with van der Waals surface area (Å²) < 4.78 is 20.2. The SMILES string of the molecule is CCCn1cc(-c2cc(OC)c(CCN3CCC(OC4CCN(C(=O)c5ccc(Cl)c(N6CCC(=O)NC6=O)c5)CC4)CC3)c(OC)c2)c(C)c(C)c1=O. The van der Waals surface area contributed by atoms with E-state index in [1.807, 2.05) is 24.9 Å². The molecule has 1 N–H and O–H groups in total. The number of piperidine rings is 2. The summed E-state index contributed by atoms with van der Waals surface area (Å²) in [7, 11) is 3.38. The number of pyridine rings is 1. The van der Waals surface area contributed by atoms with Crippen LogP contribution in [0.15, 0.2) is 41.3 Å². The predicted molar refractivity (Wildman–Crippen MR) is 209 cm³/mol. The Bertz CT molecular complexity index is 1910. The monoisotopic (exact) mass is 761 g/mol. The van der Waals surface area contributed by atoms with E-state index >= 15 is 0 Å². The summed E-state index contributed by atoms with van der Waals surface area (Å²) >= 11 is 6.39. The Hall–Kier alpha value is -4.39. The number of nitrogens with zero attached hydrogens (tertiary/aromatic N) is 4. The van der Waals surface area contributed by atoms with Gasteiger partial charge in [0.1, 0.15) is 11.5 Å². The van der Waals surface area contributed by atoms with Crippen LogP contribution in [0.3, 0.4) is 0 Å². The summed E-state index contributed by atoms with van der Waals surface area (Å²) in [6.07, 6.45) is 7.48. The average molecular weight is 762 g/mol. The quantitative estimate of drug-likeness (QED) is 0.239. The van der Waals surface area contributed by atoms with Crippen molar-refractivity contribution < 1.29 is 28.6 Å². The molecule has 0 saturated carbocycles. The molecule has 6 rings (SSSR count). The van der Waals surface area contributed by atoms with Crippen LogP contribution in [0.4, 0.5) is 10.5 Å². The Kier molecular flexibility index (Phi) is 12.7. The van der Waals surface area contributed by atoms with Crippen molar-refractivity contribution in [2.75, 3.05) is 58.4 Å². The number of likely N-dealkylation sites (tertiary alicyclic amines) is 2. The molecule has 3 aromatic rings. The number of urea groups is 1. The number of anilines is 1. The number of hydrogen-bond donors (Lipinski definition) is 1. The maximum absolute atomic E-state index is 13.4. The minimum Gasteiger partial charge on any atom is -0.496 e. The molecule has 3 aliphatic rings. The van der Waals surface area contributed by atoms with Crippen molar-refractivity contribution in [3.05, 3.63) is 74.2 Å². The Morgan fingerprint density at radius 2 is 1.52 bits per heavy atom. The number of benzene rings is 2. The summed E-state index contributed by atoms with van der Waals surface area (Å²) in [5.74, 6) is 1.12. The fourth-order valence-electron chi connectivity index (χ4n) is 7.81. The molecule has 2 aromatic carbocycles. The van der Waals surface area contributed by atoms with E-state index in [2.05, 4.69) is 29.3 Å². The molecule has 0 spiro atoms. The van der Waals surface area contributed by atoms with Gasteiger partial charge in [0, 0.05) is 80.7 Å². The summed E-state index contributed by atoms with van der Waals surface area (Å²) in [5.41, 5.74) is 5.65. The lowest BCUT2D eigenvalue weighted by atomic mass is 9.96. The van der Waals surface area contributed by atoms with Crippen LogP contribution in [0.25, 0.3) is 11.1 Å². The zero-order chi connectivity index (χ0) is 38.5. The highest BCUT2D eigenvalue weighted by atomic mass is 35.5. The molecule has 4 heterocycles. The number of ether oxygens (including phenoxy) is 3. The summed E-state index contributed by atoms with van der Waals surface area (Å²) in [4.78, 5) is 56.0. The fourth-order valence-corrected chi connectivity index (χ4v) is 8.03. The third kappa shape index (κ3) is 8.61. The molecule has 13 heteroatoms. The van der Waals surface area contributed by atoms with Crippen LogP contribution in [0, 0.1) is 13.8 Å². The summed E-state index contributed by atoms with van der Waals surface area (Å²) in [6.45, 7) is 10.7. The van der Waals surface area contributed by atoms with Gasteiger partial charge in [-0.3, -0.25) is 24.6 Å². The normalized spacial score (nSPS) is 17.5. The minimum absolute atomic E-state index is 0.0540. The van der Waals surface area contributed by atoms with E-state index in [1.54, 1.807) is 37.0 Å². The van der Waals surface area contributed by atoms with Gasteiger partial charge < -0.3 is 28.6 Å². The first-order chi connectivity index (χ1) is 26.0. The van der Waals surface area contributed by atoms with Gasteiger partial charge in [-0.25, -0.2) is 4.79 Å². The average Bonchev–Trinajstić information content (AvgIpc) is 3.18. The van der Waals surface area contributed by atoms with E-state index in [0.29, 0.717) is 35.9 Å². The number of imide groups is 1. The molecular formula is C41H52ClN5O7. The second-order valence-electron chi connectivity index (χ2n) is 14.5. The number of carbonyl (C=O) groups excluding carboxylic acids is 3. The van der Waals surface area contributed by atoms with Crippen LogP contribution >= 0.6 is 11.6 Å². The van der Waals surface area contributed by atoms with Crippen molar-refractivity contribution in [2.45, 2.75) is 84.5 Å². The number of amides is 4. The Morgan fingerprint density at radius 3 is 2.13 bits per heavy atom. The number of methoxy groups -OCH3 is 2. The van der Waals surface area contributed by atoms with E-state index < -0.39 is 6.03 Å². The number of halogens is 1. The molecule has 0 radical (unpaired) electrons. The molecule has 3 fully saturated rings. The van der Waals surface area contributed by atoms with Crippen molar-refractivity contribution >= 4 is 35.1 Å². The van der Waals surface area contributed by atoms with Crippen molar-refractivity contribution in [2.24, 2.45) is 0 Å². The topological polar surface area (TPSA) is 123 Å². The third-order valence-electron chi connectivity index (χ3n) is 11.1. The van der Waals surface area contributed by atoms with Crippen LogP contribution in [-0.2, 0) is 22.5 Å². The standard InChI is InChI=1S/C41H52ClN5O7/c1-6-15-46-25-33(26(2)27(3)39(46)49)29-23-36(52-4)32(37(24-29)53-5)13-18-44-16-9-30(10-17-44)54-31-11-19-45(20-12-31)40(50)28-7-8-34(42)35(22-28)47-21-14-38(48)43-41(47)51/h7-8,22-25,30-31H,6,9-21H2,1-5H3,(H,43,48,51). The van der Waals surface area contributed by atoms with Gasteiger partial charge in [-0.1, -0.05) is 18.5 Å². The highest BCUT2D eigenvalue weighted by Crippen LogP contribution is 2.37. The molecule has 0 atom stereocenters. The van der Waals surface area contributed by atoms with Crippen LogP contribution in [0.1, 0.15) is 72.5 Å². The smallest absolute Gasteiger partial charge is 0.328 e. The predicted octanol–water partition coefficient (Wildman–Crippen LogP) is 5.99. The van der Waals surface area contributed by atoms with Crippen LogP contribution in [-0.4, -0.2) is 97.9 Å². The lowest BCUT2D eigenvalue weighted by molar-refractivity contribution is -0.120. The number of aromatic nitrogens is 1. The van der Waals surface area contributed by atoms with Crippen molar-refractivity contribution in [3.8, 4) is 22.6 Å². The maximum Gasteiger partial charge on any atom is 0.328 e. The number of nitrogens with one attached hydrogen (secondary N) is 1. The lowest BCUT2D eigenvalue weighted by Crippen LogP contribution is -2.49. The molecule has 54 heavy (non-hydrogen) atoms. The van der Waals surface area contributed by atoms with Gasteiger partial charge in [-0.2, -0.15) is 0 Å². The van der Waals surface area contributed by atoms with E-state index in [4.69, 9.17) is 25.8 Å². The van der Waals surface area contributed by atoms with Crippen LogP contribution in [0.2, 0.25) is 5.02 Å². The molecule has 3 saturated heterocycles. The van der Waals surface area contributed by atoms with E-state index in [-0.39, 0.29) is 42.5 Å². The Labute approximate surface area is 322 Å². The van der Waals surface area contributed by atoms with Crippen molar-refractivity contribution in [3.63, 3.8) is 0 Å². The van der Waals surface area contributed by atoms with Crippen molar-refractivity contribution in [1.29, 1.82) is 0 Å². The van der Waals surface area contributed by atoms with Gasteiger partial charge >= 0.3 is 6.03 Å². The van der Waals surface area contributed by atoms with Crippen molar-refractivity contribution in [1.82, 2.24) is 19.7 Å². The summed E-state index contributed by atoms with van der Waals surface area (Å²) in [6, 6.07) is 8.52. The third-order valence-corrected chi connectivity index (χ3v) is 11.4. The van der Waals surface area contributed by atoms with Gasteiger partial charge in [0.25, 0.3) is 11.5 Å². The maximum atomic E-state index is 13.4. The van der Waals surface area contributed by atoms with Crippen LogP contribution in [0.5, 0.6) is 11.5 Å². The molecule has 0 aliphatic carbocycles.